The summed E-state index contributed by atoms with van der Waals surface area (Å²) in [5, 5.41) is 18.0. The second kappa shape index (κ2) is 5.62. The van der Waals surface area contributed by atoms with E-state index in [2.05, 4.69) is 33.4 Å². The fourth-order valence-corrected chi connectivity index (χ4v) is 2.64. The first kappa shape index (κ1) is 14.1. The van der Waals surface area contributed by atoms with Crippen LogP contribution in [0.5, 0.6) is 5.75 Å². The van der Waals surface area contributed by atoms with Crippen molar-refractivity contribution in [3.05, 3.63) is 66.0 Å². The van der Waals surface area contributed by atoms with E-state index in [1.807, 2.05) is 30.5 Å². The van der Waals surface area contributed by atoms with Gasteiger partial charge in [-0.05, 0) is 53.4 Å². The highest BCUT2D eigenvalue weighted by atomic mass is 16.3. The summed E-state index contributed by atoms with van der Waals surface area (Å²) < 4.78 is 0. The first-order valence-electron chi connectivity index (χ1n) is 7.58. The first-order chi connectivity index (χ1) is 11.7. The second-order valence-corrected chi connectivity index (χ2v) is 5.64. The number of H-pyrrole nitrogens is 2. The number of rotatable bonds is 3. The zero-order valence-electron chi connectivity index (χ0n) is 12.8. The molecule has 0 atom stereocenters. The molecule has 0 spiro atoms. The maximum atomic E-state index is 9.50. The molecule has 5 N–H and O–H groups in total. The summed E-state index contributed by atoms with van der Waals surface area (Å²) in [7, 11) is 0. The number of aromatic amines is 2. The summed E-state index contributed by atoms with van der Waals surface area (Å²) in [5.74, 6) is 0.0779. The summed E-state index contributed by atoms with van der Waals surface area (Å²) in [6.07, 6.45) is 5.94. The van der Waals surface area contributed by atoms with Crippen molar-refractivity contribution in [1.29, 1.82) is 0 Å². The van der Waals surface area contributed by atoms with Gasteiger partial charge in [-0.1, -0.05) is 18.2 Å². The number of anilines is 1. The predicted molar refractivity (Wildman–Crippen MR) is 97.3 cm³/mol. The molecule has 0 saturated heterocycles. The van der Waals surface area contributed by atoms with Crippen LogP contribution in [0.2, 0.25) is 0 Å². The van der Waals surface area contributed by atoms with Crippen LogP contribution in [0.3, 0.4) is 0 Å². The van der Waals surface area contributed by atoms with Crippen LogP contribution in [0, 0.1) is 0 Å². The maximum absolute atomic E-state index is 9.50. The van der Waals surface area contributed by atoms with Gasteiger partial charge in [-0.2, -0.15) is 5.10 Å². The Morgan fingerprint density at radius 2 is 1.92 bits per heavy atom. The van der Waals surface area contributed by atoms with Gasteiger partial charge in [0.15, 0.2) is 0 Å². The molecule has 24 heavy (non-hydrogen) atoms. The van der Waals surface area contributed by atoms with E-state index in [4.69, 9.17) is 5.73 Å². The molecule has 0 radical (unpaired) electrons. The average Bonchev–Trinajstić information content (AvgIpc) is 3.24. The van der Waals surface area contributed by atoms with Gasteiger partial charge in [0.05, 0.1) is 17.1 Å². The molecule has 0 aliphatic heterocycles. The molecule has 5 nitrogen and oxygen atoms in total. The number of hydrogen-bond acceptors (Lipinski definition) is 3. The van der Waals surface area contributed by atoms with Crippen LogP contribution in [0.25, 0.3) is 34.3 Å². The Bertz CT molecular complexity index is 1040. The standard InChI is InChI=1S/C19H16N4O/c20-16-10-14(4-6-19(16)24)18-11-15(22-23-18)5-2-12-1-3-13-7-8-21-17(13)9-12/h1-11,21,24H,20H2,(H,22,23)/b5-2+. The van der Waals surface area contributed by atoms with Crippen LogP contribution < -0.4 is 5.73 Å². The highest BCUT2D eigenvalue weighted by Crippen LogP contribution is 2.27. The molecule has 118 valence electrons. The highest BCUT2D eigenvalue weighted by Gasteiger charge is 2.05. The van der Waals surface area contributed by atoms with Crippen molar-refractivity contribution in [1.82, 2.24) is 15.2 Å². The molecular formula is C19H16N4O. The lowest BCUT2D eigenvalue weighted by molar-refractivity contribution is 0.478. The number of nitrogen functional groups attached to an aromatic ring is 1. The van der Waals surface area contributed by atoms with Gasteiger partial charge < -0.3 is 15.8 Å². The van der Waals surface area contributed by atoms with E-state index in [1.165, 1.54) is 5.39 Å². The van der Waals surface area contributed by atoms with Crippen LogP contribution >= 0.6 is 0 Å². The zero-order valence-corrected chi connectivity index (χ0v) is 12.8. The topological polar surface area (TPSA) is 90.7 Å². The fourth-order valence-electron chi connectivity index (χ4n) is 2.64. The van der Waals surface area contributed by atoms with Gasteiger partial charge in [0.25, 0.3) is 0 Å². The Labute approximate surface area is 138 Å². The minimum Gasteiger partial charge on any atom is -0.506 e. The van der Waals surface area contributed by atoms with Gasteiger partial charge in [-0.15, -0.1) is 0 Å². The Hall–Kier alpha value is -3.47. The number of nitrogens with zero attached hydrogens (tertiary/aromatic N) is 1. The number of phenols is 1. The van der Waals surface area contributed by atoms with Crippen molar-refractivity contribution in [2.24, 2.45) is 0 Å². The molecule has 2 aromatic heterocycles. The molecule has 0 aliphatic carbocycles. The van der Waals surface area contributed by atoms with E-state index in [9.17, 15) is 5.11 Å². The van der Waals surface area contributed by atoms with E-state index >= 15 is 0 Å². The number of phenolic OH excluding ortho intramolecular Hbond substituents is 1. The Morgan fingerprint density at radius 1 is 1.00 bits per heavy atom. The van der Waals surface area contributed by atoms with Gasteiger partial charge in [0.1, 0.15) is 5.75 Å². The van der Waals surface area contributed by atoms with Crippen LogP contribution in [0.1, 0.15) is 11.3 Å². The molecule has 5 heteroatoms. The molecule has 0 unspecified atom stereocenters. The van der Waals surface area contributed by atoms with Crippen molar-refractivity contribution in [2.45, 2.75) is 0 Å². The second-order valence-electron chi connectivity index (χ2n) is 5.64. The van der Waals surface area contributed by atoms with Crippen molar-refractivity contribution in [2.75, 3.05) is 5.73 Å². The first-order valence-corrected chi connectivity index (χ1v) is 7.58. The third-order valence-electron chi connectivity index (χ3n) is 3.96. The van der Waals surface area contributed by atoms with E-state index in [0.717, 1.165) is 28.0 Å². The minimum absolute atomic E-state index is 0.0779. The number of hydrogen-bond donors (Lipinski definition) is 4. The monoisotopic (exact) mass is 316 g/mol. The minimum atomic E-state index is 0.0779. The normalized spacial score (nSPS) is 11.5. The van der Waals surface area contributed by atoms with Crippen LogP contribution in [0.15, 0.2) is 54.7 Å². The average molecular weight is 316 g/mol. The van der Waals surface area contributed by atoms with Crippen LogP contribution in [0.4, 0.5) is 5.69 Å². The number of benzene rings is 2. The van der Waals surface area contributed by atoms with Crippen molar-refractivity contribution >= 4 is 28.7 Å². The van der Waals surface area contributed by atoms with Gasteiger partial charge in [0, 0.05) is 17.3 Å². The number of fused-ring (bicyclic) bond motifs is 1. The van der Waals surface area contributed by atoms with Gasteiger partial charge in [0.2, 0.25) is 0 Å². The molecule has 0 bridgehead atoms. The third kappa shape index (κ3) is 2.63. The van der Waals surface area contributed by atoms with E-state index in [1.54, 1.807) is 18.2 Å². The lowest BCUT2D eigenvalue weighted by atomic mass is 10.1. The van der Waals surface area contributed by atoms with Gasteiger partial charge in [-0.3, -0.25) is 5.10 Å². The predicted octanol–water partition coefficient (Wildman–Crippen LogP) is 4.02. The molecule has 4 aromatic rings. The summed E-state index contributed by atoms with van der Waals surface area (Å²) >= 11 is 0. The molecule has 4 rings (SSSR count). The Kier molecular flexibility index (Phi) is 3.31. The molecule has 0 amide bonds. The van der Waals surface area contributed by atoms with Crippen molar-refractivity contribution in [3.63, 3.8) is 0 Å². The lowest BCUT2D eigenvalue weighted by Crippen LogP contribution is -1.86. The summed E-state index contributed by atoms with van der Waals surface area (Å²) in [6.45, 7) is 0. The van der Waals surface area contributed by atoms with Gasteiger partial charge >= 0.3 is 0 Å². The summed E-state index contributed by atoms with van der Waals surface area (Å²) in [6, 6.07) is 15.3. The molecule has 2 aromatic carbocycles. The molecular weight excluding hydrogens is 300 g/mol. The Morgan fingerprint density at radius 3 is 2.79 bits per heavy atom. The SMILES string of the molecule is Nc1cc(-c2cc(/C=C/c3ccc4cc[nH]c4c3)[nH]n2)ccc1O. The van der Waals surface area contributed by atoms with Crippen molar-refractivity contribution < 1.29 is 5.11 Å². The van der Waals surface area contributed by atoms with E-state index in [0.29, 0.717) is 5.69 Å². The van der Waals surface area contributed by atoms with E-state index < -0.39 is 0 Å². The number of nitrogens with one attached hydrogen (secondary N) is 2. The third-order valence-corrected chi connectivity index (χ3v) is 3.96. The molecule has 0 saturated carbocycles. The number of nitrogens with two attached hydrogens (primary N) is 1. The Balaban J connectivity index is 1.59. The van der Waals surface area contributed by atoms with Gasteiger partial charge in [-0.25, -0.2) is 0 Å². The van der Waals surface area contributed by atoms with E-state index in [-0.39, 0.29) is 5.75 Å². The maximum Gasteiger partial charge on any atom is 0.138 e. The number of aromatic hydroxyl groups is 1. The highest BCUT2D eigenvalue weighted by molar-refractivity contribution is 5.83. The molecule has 2 heterocycles. The summed E-state index contributed by atoms with van der Waals surface area (Å²) in [5.41, 5.74) is 10.8. The lowest BCUT2D eigenvalue weighted by Gasteiger charge is -2.00. The molecule has 0 fully saturated rings. The van der Waals surface area contributed by atoms with Crippen LogP contribution in [-0.2, 0) is 0 Å². The largest absolute Gasteiger partial charge is 0.506 e. The van der Waals surface area contributed by atoms with Crippen molar-refractivity contribution in [3.8, 4) is 17.0 Å². The quantitative estimate of drug-likeness (QED) is 0.340. The summed E-state index contributed by atoms with van der Waals surface area (Å²) in [4.78, 5) is 3.21. The smallest absolute Gasteiger partial charge is 0.138 e. The fraction of sp³-hybridized carbons (Fsp3) is 0. The van der Waals surface area contributed by atoms with Crippen LogP contribution in [-0.4, -0.2) is 20.3 Å². The molecule has 0 aliphatic rings. The zero-order chi connectivity index (χ0) is 16.5. The number of aromatic nitrogens is 3.